The fourth-order valence-corrected chi connectivity index (χ4v) is 3.08. The van der Waals surface area contributed by atoms with Crippen LogP contribution < -0.4 is 10.1 Å². The van der Waals surface area contributed by atoms with E-state index in [2.05, 4.69) is 70.6 Å². The van der Waals surface area contributed by atoms with Crippen LogP contribution in [0.2, 0.25) is 0 Å². The molecule has 0 saturated heterocycles. The number of hydrogen-bond acceptors (Lipinski definition) is 2. The van der Waals surface area contributed by atoms with Crippen LogP contribution in [0.15, 0.2) is 46.9 Å². The molecule has 0 spiro atoms. The highest BCUT2D eigenvalue weighted by molar-refractivity contribution is 9.10. The van der Waals surface area contributed by atoms with Gasteiger partial charge in [0.15, 0.2) is 0 Å². The van der Waals surface area contributed by atoms with E-state index < -0.39 is 0 Å². The van der Waals surface area contributed by atoms with Gasteiger partial charge >= 0.3 is 0 Å². The van der Waals surface area contributed by atoms with E-state index in [9.17, 15) is 0 Å². The average molecular weight is 346 g/mol. The van der Waals surface area contributed by atoms with Crippen LogP contribution in [-0.2, 0) is 6.54 Å². The van der Waals surface area contributed by atoms with Crippen molar-refractivity contribution in [1.29, 1.82) is 0 Å². The highest BCUT2D eigenvalue weighted by Gasteiger charge is 2.20. The zero-order chi connectivity index (χ0) is 14.7. The summed E-state index contributed by atoms with van der Waals surface area (Å²) in [4.78, 5) is 0. The number of rotatable bonds is 3. The molecule has 0 bridgehead atoms. The van der Waals surface area contributed by atoms with Gasteiger partial charge in [-0.2, -0.15) is 0 Å². The number of fused-ring (bicyclic) bond motifs is 1. The van der Waals surface area contributed by atoms with Crippen LogP contribution in [0.3, 0.4) is 0 Å². The average Bonchev–Trinajstić information content (AvgIpc) is 2.70. The van der Waals surface area contributed by atoms with E-state index in [1.807, 2.05) is 0 Å². The van der Waals surface area contributed by atoms with Gasteiger partial charge < -0.3 is 10.1 Å². The van der Waals surface area contributed by atoms with Crippen LogP contribution in [0.25, 0.3) is 0 Å². The Balaban J connectivity index is 1.76. The molecule has 0 fully saturated rings. The van der Waals surface area contributed by atoms with Crippen molar-refractivity contribution in [2.45, 2.75) is 32.4 Å². The monoisotopic (exact) mass is 345 g/mol. The molecule has 3 rings (SSSR count). The second-order valence-electron chi connectivity index (χ2n) is 5.54. The molecule has 1 atom stereocenters. The first kappa shape index (κ1) is 14.6. The predicted octanol–water partition coefficient (Wildman–Crippen LogP) is 4.76. The van der Waals surface area contributed by atoms with Gasteiger partial charge in [0.2, 0.25) is 0 Å². The van der Waals surface area contributed by atoms with Gasteiger partial charge in [-0.25, -0.2) is 0 Å². The predicted molar refractivity (Wildman–Crippen MR) is 89.6 cm³/mol. The van der Waals surface area contributed by atoms with Gasteiger partial charge in [0, 0.05) is 22.6 Å². The summed E-state index contributed by atoms with van der Waals surface area (Å²) in [7, 11) is 0. The van der Waals surface area contributed by atoms with Crippen LogP contribution in [0, 0.1) is 6.92 Å². The molecule has 1 aliphatic rings. The first-order chi connectivity index (χ1) is 10.2. The molecular formula is C18H20BrNO. The van der Waals surface area contributed by atoms with Crippen molar-refractivity contribution in [2.24, 2.45) is 0 Å². The van der Waals surface area contributed by atoms with E-state index in [-0.39, 0.29) is 0 Å². The normalized spacial score (nSPS) is 17.7. The van der Waals surface area contributed by atoms with E-state index in [0.29, 0.717) is 6.04 Å². The van der Waals surface area contributed by atoms with Crippen molar-refractivity contribution in [1.82, 2.24) is 5.32 Å². The van der Waals surface area contributed by atoms with Gasteiger partial charge in [-0.1, -0.05) is 46.3 Å². The smallest absolute Gasteiger partial charge is 0.126 e. The molecule has 1 aliphatic heterocycles. The first-order valence-electron chi connectivity index (χ1n) is 7.44. The molecule has 1 N–H and O–H groups in total. The Morgan fingerprint density at radius 2 is 2.00 bits per heavy atom. The number of nitrogens with one attached hydrogen (secondary N) is 1. The molecule has 1 heterocycles. The van der Waals surface area contributed by atoms with Gasteiger partial charge in [0.05, 0.1) is 6.61 Å². The van der Waals surface area contributed by atoms with Crippen molar-refractivity contribution < 1.29 is 4.74 Å². The van der Waals surface area contributed by atoms with E-state index >= 15 is 0 Å². The molecule has 0 aliphatic carbocycles. The number of ether oxygens (including phenoxy) is 1. The molecule has 0 aromatic heterocycles. The minimum absolute atomic E-state index is 0.367. The van der Waals surface area contributed by atoms with Crippen molar-refractivity contribution >= 4 is 15.9 Å². The molecule has 3 heteroatoms. The Labute approximate surface area is 134 Å². The maximum Gasteiger partial charge on any atom is 0.126 e. The first-order valence-corrected chi connectivity index (χ1v) is 8.23. The van der Waals surface area contributed by atoms with Crippen LogP contribution in [0.5, 0.6) is 5.75 Å². The van der Waals surface area contributed by atoms with Crippen molar-refractivity contribution in [2.75, 3.05) is 6.61 Å². The highest BCUT2D eigenvalue weighted by Crippen LogP contribution is 2.34. The standard InChI is InChI=1S/C18H20BrNO/c1-13-4-2-5-16-17(6-3-11-21-18(13)16)20-12-14-7-9-15(19)10-8-14/h2,4-5,7-10,17,20H,3,6,11-12H2,1H3. The summed E-state index contributed by atoms with van der Waals surface area (Å²) >= 11 is 3.48. The molecule has 2 nitrogen and oxygen atoms in total. The zero-order valence-corrected chi connectivity index (χ0v) is 13.8. The van der Waals surface area contributed by atoms with Crippen molar-refractivity contribution in [3.63, 3.8) is 0 Å². The van der Waals surface area contributed by atoms with E-state index in [1.165, 1.54) is 16.7 Å². The topological polar surface area (TPSA) is 21.3 Å². The van der Waals surface area contributed by atoms with Crippen LogP contribution in [0.1, 0.15) is 35.6 Å². The molecule has 2 aromatic carbocycles. The Hall–Kier alpha value is -1.32. The number of para-hydroxylation sites is 1. The van der Waals surface area contributed by atoms with Crippen LogP contribution >= 0.6 is 15.9 Å². The van der Waals surface area contributed by atoms with Crippen molar-refractivity contribution in [3.05, 3.63) is 63.6 Å². The lowest BCUT2D eigenvalue weighted by Crippen LogP contribution is -2.20. The number of benzene rings is 2. The second kappa shape index (κ2) is 6.63. The minimum atomic E-state index is 0.367. The van der Waals surface area contributed by atoms with Gasteiger partial charge in [0.1, 0.15) is 5.75 Å². The molecular weight excluding hydrogens is 326 g/mol. The van der Waals surface area contributed by atoms with Crippen molar-refractivity contribution in [3.8, 4) is 5.75 Å². The molecule has 110 valence electrons. The fourth-order valence-electron chi connectivity index (χ4n) is 2.82. The molecule has 21 heavy (non-hydrogen) atoms. The third-order valence-electron chi connectivity index (χ3n) is 3.97. The summed E-state index contributed by atoms with van der Waals surface area (Å²) in [6.45, 7) is 3.82. The lowest BCUT2D eigenvalue weighted by atomic mass is 9.99. The Morgan fingerprint density at radius 1 is 1.19 bits per heavy atom. The zero-order valence-electron chi connectivity index (χ0n) is 12.2. The fraction of sp³-hybridized carbons (Fsp3) is 0.333. The number of aryl methyl sites for hydroxylation is 1. The summed E-state index contributed by atoms with van der Waals surface area (Å²) in [6, 6.07) is 15.3. The summed E-state index contributed by atoms with van der Waals surface area (Å²) in [5.74, 6) is 1.07. The molecule has 2 aromatic rings. The second-order valence-corrected chi connectivity index (χ2v) is 6.46. The van der Waals surface area contributed by atoms with E-state index in [4.69, 9.17) is 4.74 Å². The summed E-state index contributed by atoms with van der Waals surface area (Å²) < 4.78 is 7.05. The van der Waals surface area contributed by atoms with Gasteiger partial charge in [-0.05, 0) is 43.0 Å². The number of halogens is 1. The van der Waals surface area contributed by atoms with Crippen LogP contribution in [0.4, 0.5) is 0 Å². The Morgan fingerprint density at radius 3 is 2.81 bits per heavy atom. The largest absolute Gasteiger partial charge is 0.493 e. The number of hydrogen-bond donors (Lipinski definition) is 1. The molecule has 1 unspecified atom stereocenters. The van der Waals surface area contributed by atoms with Crippen LogP contribution in [-0.4, -0.2) is 6.61 Å². The maximum absolute atomic E-state index is 5.93. The summed E-state index contributed by atoms with van der Waals surface area (Å²) in [5, 5.41) is 3.69. The molecule has 0 saturated carbocycles. The third-order valence-corrected chi connectivity index (χ3v) is 4.50. The third kappa shape index (κ3) is 3.47. The minimum Gasteiger partial charge on any atom is -0.493 e. The summed E-state index contributed by atoms with van der Waals surface area (Å²) in [5.41, 5.74) is 3.83. The lowest BCUT2D eigenvalue weighted by molar-refractivity contribution is 0.313. The Kier molecular flexibility index (Phi) is 4.61. The summed E-state index contributed by atoms with van der Waals surface area (Å²) in [6.07, 6.45) is 2.21. The Bertz CT molecular complexity index is 609. The van der Waals surface area contributed by atoms with E-state index in [1.54, 1.807) is 0 Å². The lowest BCUT2D eigenvalue weighted by Gasteiger charge is -2.19. The highest BCUT2D eigenvalue weighted by atomic mass is 79.9. The maximum atomic E-state index is 5.93. The van der Waals surface area contributed by atoms with Gasteiger partial charge in [-0.15, -0.1) is 0 Å². The SMILES string of the molecule is Cc1cccc2c1OCCCC2NCc1ccc(Br)cc1. The molecule has 0 radical (unpaired) electrons. The van der Waals surface area contributed by atoms with E-state index in [0.717, 1.165) is 36.2 Å². The van der Waals surface area contributed by atoms with Gasteiger partial charge in [0.25, 0.3) is 0 Å². The molecule has 0 amide bonds. The quantitative estimate of drug-likeness (QED) is 0.865. The van der Waals surface area contributed by atoms with Gasteiger partial charge in [-0.3, -0.25) is 0 Å².